The molecule has 78 valence electrons. The van der Waals surface area contributed by atoms with E-state index >= 15 is 0 Å². The zero-order chi connectivity index (χ0) is 10.4. The van der Waals surface area contributed by atoms with Crippen molar-refractivity contribution in [2.24, 2.45) is 0 Å². The summed E-state index contributed by atoms with van der Waals surface area (Å²) in [5, 5.41) is 0. The van der Waals surface area contributed by atoms with Crippen LogP contribution in [0.25, 0.3) is 0 Å². The summed E-state index contributed by atoms with van der Waals surface area (Å²) in [6.07, 6.45) is 0. The molecule has 0 spiro atoms. The van der Waals surface area contributed by atoms with Crippen molar-refractivity contribution in [2.45, 2.75) is 26.2 Å². The summed E-state index contributed by atoms with van der Waals surface area (Å²) in [5.41, 5.74) is 0. The molecule has 0 fully saturated rings. The van der Waals surface area contributed by atoms with Crippen LogP contribution in [0.3, 0.4) is 0 Å². The summed E-state index contributed by atoms with van der Waals surface area (Å²) in [4.78, 5) is 3.07. The molecule has 0 amide bonds. The maximum absolute atomic E-state index is 3.07. The van der Waals surface area contributed by atoms with Crippen LogP contribution in [0.2, 0.25) is 26.2 Å². The molecular formula is C7H28N2Si3. The molecule has 0 bridgehead atoms. The highest BCUT2D eigenvalue weighted by molar-refractivity contribution is 6.31. The van der Waals surface area contributed by atoms with Crippen LogP contribution < -0.4 is 4.98 Å². The summed E-state index contributed by atoms with van der Waals surface area (Å²) in [7, 11) is 7.00. The van der Waals surface area contributed by atoms with Gasteiger partial charge >= 0.3 is 0 Å². The van der Waals surface area contributed by atoms with Crippen LogP contribution in [-0.4, -0.2) is 54.6 Å². The molecule has 0 aliphatic heterocycles. The van der Waals surface area contributed by atoms with E-state index in [1.165, 1.54) is 0 Å². The second-order valence-corrected chi connectivity index (χ2v) is 7.54. The summed E-state index contributed by atoms with van der Waals surface area (Å²) >= 11 is 0. The zero-order valence-electron chi connectivity index (χ0n) is 10.1. The van der Waals surface area contributed by atoms with Crippen LogP contribution in [0.5, 0.6) is 0 Å². The highest BCUT2D eigenvalue weighted by Crippen LogP contribution is 1.60. The summed E-state index contributed by atoms with van der Waals surface area (Å²) in [6, 6.07) is 0. The van der Waals surface area contributed by atoms with Gasteiger partial charge in [-0.25, -0.2) is 0 Å². The van der Waals surface area contributed by atoms with Gasteiger partial charge < -0.3 is 9.55 Å². The molecule has 1 N–H and O–H groups in total. The lowest BCUT2D eigenvalue weighted by Gasteiger charge is -1.99. The number of nitrogens with zero attached hydrogens (tertiary/aromatic N) is 1. The summed E-state index contributed by atoms with van der Waals surface area (Å²) < 4.78 is 2.26. The quantitative estimate of drug-likeness (QED) is 0.622. The van der Waals surface area contributed by atoms with Crippen molar-refractivity contribution < 1.29 is 0 Å². The van der Waals surface area contributed by atoms with Gasteiger partial charge in [-0.1, -0.05) is 26.2 Å². The van der Waals surface area contributed by atoms with E-state index < -0.39 is 0 Å². The van der Waals surface area contributed by atoms with Crippen molar-refractivity contribution in [3.63, 3.8) is 0 Å². The molecule has 0 atom stereocenters. The lowest BCUT2D eigenvalue weighted by Crippen LogP contribution is -2.12. The van der Waals surface area contributed by atoms with Crippen molar-refractivity contribution in [1.29, 1.82) is 0 Å². The SMILES string of the molecule is CN[SiH2]C.C[SiH2]C.C[SiH2]N(C)C. The molecule has 2 nitrogen and oxygen atoms in total. The molecule has 0 aliphatic rings. The Bertz CT molecular complexity index is 51.9. The number of nitrogens with one attached hydrogen (secondary N) is 1. The minimum atomic E-state index is 0.174. The van der Waals surface area contributed by atoms with Crippen LogP contribution in [0.15, 0.2) is 0 Å². The smallest absolute Gasteiger partial charge is 0.0913 e. The Balaban J connectivity index is -0.000000105. The fraction of sp³-hybridized carbons (Fsp3) is 1.00. The monoisotopic (exact) mass is 224 g/mol. The first-order valence-electron chi connectivity index (χ1n) is 4.89. The van der Waals surface area contributed by atoms with Gasteiger partial charge in [0.1, 0.15) is 0 Å². The normalized spacial score (nSPS) is 10.0. The summed E-state index contributed by atoms with van der Waals surface area (Å²) in [5.74, 6) is 0. The average Bonchev–Trinajstić information content (AvgIpc) is 2.06. The van der Waals surface area contributed by atoms with Gasteiger partial charge in [-0.15, -0.1) is 0 Å². The lowest BCUT2D eigenvalue weighted by atomic mass is 11.3. The third kappa shape index (κ3) is 75.9. The predicted octanol–water partition coefficient (Wildman–Crippen LogP) is -0.731. The van der Waals surface area contributed by atoms with E-state index in [4.69, 9.17) is 0 Å². The van der Waals surface area contributed by atoms with Crippen LogP contribution in [-0.2, 0) is 0 Å². The van der Waals surface area contributed by atoms with Crippen LogP contribution >= 0.6 is 0 Å². The van der Waals surface area contributed by atoms with Gasteiger partial charge in [0.2, 0.25) is 0 Å². The molecule has 5 heteroatoms. The Hall–Kier alpha value is 0.571. The first-order valence-corrected chi connectivity index (χ1v) is 11.9. The van der Waals surface area contributed by atoms with E-state index in [0.717, 1.165) is 0 Å². The lowest BCUT2D eigenvalue weighted by molar-refractivity contribution is 0.665. The molecular weight excluding hydrogens is 196 g/mol. The van der Waals surface area contributed by atoms with E-state index in [2.05, 4.69) is 49.8 Å². The topological polar surface area (TPSA) is 15.3 Å². The van der Waals surface area contributed by atoms with Gasteiger partial charge in [0, 0.05) is 9.52 Å². The highest BCUT2D eigenvalue weighted by atomic mass is 28.2. The van der Waals surface area contributed by atoms with Crippen molar-refractivity contribution in [1.82, 2.24) is 9.55 Å². The second kappa shape index (κ2) is 22.6. The van der Waals surface area contributed by atoms with Crippen LogP contribution in [0.1, 0.15) is 0 Å². The van der Waals surface area contributed by atoms with E-state index in [9.17, 15) is 0 Å². The highest BCUT2D eigenvalue weighted by Gasteiger charge is 1.73. The van der Waals surface area contributed by atoms with Gasteiger partial charge in [0.25, 0.3) is 0 Å². The van der Waals surface area contributed by atoms with Gasteiger partial charge in [0.05, 0.1) is 19.4 Å². The van der Waals surface area contributed by atoms with E-state index in [0.29, 0.717) is 9.52 Å². The molecule has 0 aromatic rings. The van der Waals surface area contributed by atoms with Gasteiger partial charge in [0.15, 0.2) is 0 Å². The number of hydrogen-bond acceptors (Lipinski definition) is 2. The fourth-order valence-corrected chi connectivity index (χ4v) is 0. The molecule has 0 unspecified atom stereocenters. The molecule has 0 saturated heterocycles. The molecule has 0 radical (unpaired) electrons. The molecule has 12 heavy (non-hydrogen) atoms. The molecule has 0 saturated carbocycles. The average molecular weight is 225 g/mol. The van der Waals surface area contributed by atoms with Gasteiger partial charge in [-0.3, -0.25) is 0 Å². The van der Waals surface area contributed by atoms with Crippen molar-refractivity contribution in [3.05, 3.63) is 0 Å². The Labute approximate surface area is 86.1 Å². The van der Waals surface area contributed by atoms with E-state index in [1.54, 1.807) is 0 Å². The van der Waals surface area contributed by atoms with Crippen molar-refractivity contribution in [3.8, 4) is 0 Å². The third-order valence-electron chi connectivity index (χ3n) is 0.986. The standard InChI is InChI=1S/C3H11NSi.C2H9NSi.C2H8Si/c1-4(2)5-3;1-3-4-2;1-3-2/h5H2,1-3H3;3H,4H2,1-2H3;3H2,1-2H3. The Morgan fingerprint density at radius 3 is 1.17 bits per heavy atom. The summed E-state index contributed by atoms with van der Waals surface area (Å²) in [6.45, 7) is 9.00. The molecule has 0 rings (SSSR count). The first kappa shape index (κ1) is 18.4. The van der Waals surface area contributed by atoms with Crippen molar-refractivity contribution >= 4 is 28.9 Å². The molecule has 0 aliphatic carbocycles. The Kier molecular flexibility index (Phi) is 34.5. The van der Waals surface area contributed by atoms with E-state index in [1.807, 2.05) is 7.05 Å². The minimum absolute atomic E-state index is 0.174. The maximum atomic E-state index is 3.07. The Morgan fingerprint density at radius 2 is 1.17 bits per heavy atom. The van der Waals surface area contributed by atoms with Crippen LogP contribution in [0, 0.1) is 0 Å². The van der Waals surface area contributed by atoms with Gasteiger partial charge in [-0.05, 0) is 21.1 Å². The second-order valence-electron chi connectivity index (χ2n) is 2.81. The molecule has 0 aromatic carbocycles. The number of rotatable bonds is 2. The third-order valence-corrected chi connectivity index (χ3v) is 2.96. The number of hydrogen-bond donors (Lipinski definition) is 1. The predicted molar refractivity (Wildman–Crippen MR) is 71.8 cm³/mol. The van der Waals surface area contributed by atoms with Crippen LogP contribution in [0.4, 0.5) is 0 Å². The largest absolute Gasteiger partial charge is 0.345 e. The first-order chi connectivity index (χ1) is 5.60. The molecule has 0 heterocycles. The van der Waals surface area contributed by atoms with E-state index in [-0.39, 0.29) is 19.4 Å². The minimum Gasteiger partial charge on any atom is -0.345 e. The van der Waals surface area contributed by atoms with Gasteiger partial charge in [-0.2, -0.15) is 0 Å². The Morgan fingerprint density at radius 1 is 1.00 bits per heavy atom. The molecule has 0 aromatic heterocycles. The fourth-order valence-electron chi connectivity index (χ4n) is 0. The van der Waals surface area contributed by atoms with Crippen molar-refractivity contribution in [2.75, 3.05) is 21.1 Å². The zero-order valence-corrected chi connectivity index (χ0v) is 14.3. The maximum Gasteiger partial charge on any atom is 0.0913 e.